The fourth-order valence-corrected chi connectivity index (χ4v) is 2.79. The van der Waals surface area contributed by atoms with Gasteiger partial charge in [-0.3, -0.25) is 0 Å². The van der Waals surface area contributed by atoms with Crippen molar-refractivity contribution >= 4 is 0 Å². The van der Waals surface area contributed by atoms with Crippen LogP contribution in [0, 0.1) is 11.7 Å². The molecule has 0 saturated heterocycles. The Morgan fingerprint density at radius 2 is 2.05 bits per heavy atom. The van der Waals surface area contributed by atoms with Crippen molar-refractivity contribution in [3.8, 4) is 11.4 Å². The van der Waals surface area contributed by atoms with E-state index < -0.39 is 0 Å². The van der Waals surface area contributed by atoms with Gasteiger partial charge in [0.1, 0.15) is 5.82 Å². The molecular weight excluding hydrogens is 257 g/mol. The van der Waals surface area contributed by atoms with E-state index in [0.29, 0.717) is 29.1 Å². The van der Waals surface area contributed by atoms with Crippen LogP contribution in [0.2, 0.25) is 0 Å². The quantitative estimate of drug-likeness (QED) is 0.934. The Labute approximate surface area is 117 Å². The molecule has 4 nitrogen and oxygen atoms in total. The first kappa shape index (κ1) is 13.2. The molecule has 1 fully saturated rings. The van der Waals surface area contributed by atoms with E-state index in [0.717, 1.165) is 32.2 Å². The molecule has 106 valence electrons. The highest BCUT2D eigenvalue weighted by molar-refractivity contribution is 5.53. The summed E-state index contributed by atoms with van der Waals surface area (Å²) >= 11 is 0. The number of aromatic nitrogens is 2. The van der Waals surface area contributed by atoms with Gasteiger partial charge in [-0.15, -0.1) is 0 Å². The summed E-state index contributed by atoms with van der Waals surface area (Å²) in [6, 6.07) is 6.24. The van der Waals surface area contributed by atoms with E-state index in [1.807, 2.05) is 0 Å². The Balaban J connectivity index is 1.74. The molecule has 0 aliphatic heterocycles. The van der Waals surface area contributed by atoms with Gasteiger partial charge in [-0.05, 0) is 50.3 Å². The van der Waals surface area contributed by atoms with Crippen LogP contribution in [0.5, 0.6) is 0 Å². The Morgan fingerprint density at radius 1 is 1.25 bits per heavy atom. The molecule has 1 aliphatic carbocycles. The van der Waals surface area contributed by atoms with E-state index in [1.54, 1.807) is 12.1 Å². The van der Waals surface area contributed by atoms with Gasteiger partial charge in [0.25, 0.3) is 0 Å². The van der Waals surface area contributed by atoms with E-state index in [9.17, 15) is 4.39 Å². The van der Waals surface area contributed by atoms with Gasteiger partial charge in [0, 0.05) is 11.5 Å². The summed E-state index contributed by atoms with van der Waals surface area (Å²) in [6.45, 7) is 0.755. The van der Waals surface area contributed by atoms with Crippen LogP contribution >= 0.6 is 0 Å². The van der Waals surface area contributed by atoms with Crippen LogP contribution in [0.1, 0.15) is 37.5 Å². The highest BCUT2D eigenvalue weighted by Crippen LogP contribution is 2.35. The van der Waals surface area contributed by atoms with Gasteiger partial charge in [0.05, 0.1) is 0 Å². The van der Waals surface area contributed by atoms with E-state index in [1.165, 1.54) is 12.1 Å². The number of rotatable bonds is 3. The number of benzene rings is 1. The summed E-state index contributed by atoms with van der Waals surface area (Å²) in [5.74, 6) is 1.77. The summed E-state index contributed by atoms with van der Waals surface area (Å²) in [5.41, 5.74) is 6.34. The van der Waals surface area contributed by atoms with Gasteiger partial charge in [0.2, 0.25) is 11.7 Å². The van der Waals surface area contributed by atoms with E-state index in [-0.39, 0.29) is 5.82 Å². The lowest BCUT2D eigenvalue weighted by Crippen LogP contribution is -2.20. The van der Waals surface area contributed by atoms with Crippen molar-refractivity contribution in [1.82, 2.24) is 10.1 Å². The second-order valence-corrected chi connectivity index (χ2v) is 5.42. The molecule has 0 unspecified atom stereocenters. The molecule has 1 aromatic heterocycles. The first-order valence-corrected chi connectivity index (χ1v) is 7.06. The lowest BCUT2D eigenvalue weighted by atomic mass is 9.82. The summed E-state index contributed by atoms with van der Waals surface area (Å²) < 4.78 is 18.6. The normalized spacial score (nSPS) is 22.9. The van der Waals surface area contributed by atoms with Crippen molar-refractivity contribution in [3.05, 3.63) is 36.0 Å². The minimum absolute atomic E-state index is 0.294. The molecule has 0 atom stereocenters. The zero-order valence-corrected chi connectivity index (χ0v) is 11.3. The van der Waals surface area contributed by atoms with Crippen molar-refractivity contribution in [2.75, 3.05) is 6.54 Å². The number of hydrogen-bond donors (Lipinski definition) is 1. The average Bonchev–Trinajstić information content (AvgIpc) is 2.97. The number of nitrogens with zero attached hydrogens (tertiary/aromatic N) is 2. The van der Waals surface area contributed by atoms with E-state index in [4.69, 9.17) is 10.3 Å². The summed E-state index contributed by atoms with van der Waals surface area (Å²) in [6.07, 6.45) is 4.29. The fourth-order valence-electron chi connectivity index (χ4n) is 2.79. The molecule has 20 heavy (non-hydrogen) atoms. The third-order valence-electron chi connectivity index (χ3n) is 4.05. The monoisotopic (exact) mass is 275 g/mol. The van der Waals surface area contributed by atoms with Gasteiger partial charge in [0.15, 0.2) is 0 Å². The highest BCUT2D eigenvalue weighted by Gasteiger charge is 2.26. The summed E-state index contributed by atoms with van der Waals surface area (Å²) in [7, 11) is 0. The summed E-state index contributed by atoms with van der Waals surface area (Å²) in [5, 5.41) is 3.96. The summed E-state index contributed by atoms with van der Waals surface area (Å²) in [4.78, 5) is 4.42. The smallest absolute Gasteiger partial charge is 0.230 e. The van der Waals surface area contributed by atoms with Crippen molar-refractivity contribution < 1.29 is 8.91 Å². The Bertz CT molecular complexity index is 576. The maximum Gasteiger partial charge on any atom is 0.230 e. The molecule has 2 aromatic rings. The standard InChI is InChI=1S/C15H18FN3O/c16-13-3-1-2-12(8-13)14-18-15(20-19-14)11-6-4-10(9-17)5-7-11/h1-3,8,10-11H,4-7,9,17H2. The Hall–Kier alpha value is -1.75. The van der Waals surface area contributed by atoms with Gasteiger partial charge >= 0.3 is 0 Å². The van der Waals surface area contributed by atoms with Crippen LogP contribution in [-0.2, 0) is 0 Å². The van der Waals surface area contributed by atoms with Crippen LogP contribution in [0.4, 0.5) is 4.39 Å². The molecule has 1 aromatic carbocycles. The van der Waals surface area contributed by atoms with E-state index >= 15 is 0 Å². The topological polar surface area (TPSA) is 64.9 Å². The first-order valence-electron chi connectivity index (χ1n) is 7.06. The third-order valence-corrected chi connectivity index (χ3v) is 4.05. The fraction of sp³-hybridized carbons (Fsp3) is 0.467. The van der Waals surface area contributed by atoms with Crippen LogP contribution in [-0.4, -0.2) is 16.7 Å². The minimum Gasteiger partial charge on any atom is -0.339 e. The third kappa shape index (κ3) is 2.72. The molecule has 0 bridgehead atoms. The van der Waals surface area contributed by atoms with Crippen molar-refractivity contribution in [2.45, 2.75) is 31.6 Å². The van der Waals surface area contributed by atoms with Crippen LogP contribution in [0.25, 0.3) is 11.4 Å². The SMILES string of the molecule is NCC1CCC(c2nc(-c3cccc(F)c3)no2)CC1. The van der Waals surface area contributed by atoms with Crippen LogP contribution < -0.4 is 5.73 Å². The highest BCUT2D eigenvalue weighted by atomic mass is 19.1. The predicted octanol–water partition coefficient (Wildman–Crippen LogP) is 3.11. The molecule has 0 amide bonds. The van der Waals surface area contributed by atoms with Gasteiger partial charge in [-0.25, -0.2) is 4.39 Å². The molecule has 1 heterocycles. The average molecular weight is 275 g/mol. The molecule has 3 rings (SSSR count). The van der Waals surface area contributed by atoms with Crippen LogP contribution in [0.15, 0.2) is 28.8 Å². The number of nitrogens with two attached hydrogens (primary N) is 1. The second-order valence-electron chi connectivity index (χ2n) is 5.42. The van der Waals surface area contributed by atoms with Crippen molar-refractivity contribution in [1.29, 1.82) is 0 Å². The molecule has 5 heteroatoms. The van der Waals surface area contributed by atoms with Gasteiger partial charge < -0.3 is 10.3 Å². The minimum atomic E-state index is -0.294. The zero-order chi connectivity index (χ0) is 13.9. The van der Waals surface area contributed by atoms with E-state index in [2.05, 4.69) is 10.1 Å². The molecule has 0 radical (unpaired) electrons. The second kappa shape index (κ2) is 5.71. The van der Waals surface area contributed by atoms with Gasteiger partial charge in [-0.1, -0.05) is 17.3 Å². The first-order chi connectivity index (χ1) is 9.76. The van der Waals surface area contributed by atoms with Crippen molar-refractivity contribution in [2.24, 2.45) is 11.7 Å². The maximum absolute atomic E-state index is 13.2. The lowest BCUT2D eigenvalue weighted by molar-refractivity contribution is 0.275. The largest absolute Gasteiger partial charge is 0.339 e. The zero-order valence-electron chi connectivity index (χ0n) is 11.3. The molecule has 2 N–H and O–H groups in total. The number of hydrogen-bond acceptors (Lipinski definition) is 4. The predicted molar refractivity (Wildman–Crippen MR) is 73.4 cm³/mol. The molecule has 1 aliphatic rings. The number of halogens is 1. The Kier molecular flexibility index (Phi) is 3.78. The van der Waals surface area contributed by atoms with Gasteiger partial charge in [-0.2, -0.15) is 4.98 Å². The Morgan fingerprint density at radius 3 is 2.75 bits per heavy atom. The lowest BCUT2D eigenvalue weighted by Gasteiger charge is -2.24. The molecule has 0 spiro atoms. The maximum atomic E-state index is 13.2. The van der Waals surface area contributed by atoms with Crippen molar-refractivity contribution in [3.63, 3.8) is 0 Å². The van der Waals surface area contributed by atoms with Crippen LogP contribution in [0.3, 0.4) is 0 Å². The molecule has 1 saturated carbocycles. The molecular formula is C15H18FN3O.